The summed E-state index contributed by atoms with van der Waals surface area (Å²) in [7, 11) is 0. The van der Waals surface area contributed by atoms with Crippen molar-refractivity contribution in [1.82, 2.24) is 15.3 Å². The van der Waals surface area contributed by atoms with Gasteiger partial charge in [0.25, 0.3) is 5.88 Å². The predicted molar refractivity (Wildman–Crippen MR) is 77.6 cm³/mol. The molecule has 3 N–H and O–H groups in total. The van der Waals surface area contributed by atoms with Crippen LogP contribution in [-0.2, 0) is 4.84 Å². The van der Waals surface area contributed by atoms with Gasteiger partial charge in [0.15, 0.2) is 0 Å². The maximum atomic E-state index is 11.8. The van der Waals surface area contributed by atoms with Crippen LogP contribution in [0.5, 0.6) is 5.88 Å². The van der Waals surface area contributed by atoms with Crippen molar-refractivity contribution in [1.29, 1.82) is 0 Å². The largest absolute Gasteiger partial charge is 0.534 e. The third kappa shape index (κ3) is 3.08. The summed E-state index contributed by atoms with van der Waals surface area (Å²) < 4.78 is 5.15. The molecule has 1 aliphatic rings. The number of H-pyrrole nitrogens is 1. The summed E-state index contributed by atoms with van der Waals surface area (Å²) in [6, 6.07) is 5.20. The van der Waals surface area contributed by atoms with E-state index in [1.807, 2.05) is 0 Å². The summed E-state index contributed by atoms with van der Waals surface area (Å²) in [5.74, 6) is 0.863. The van der Waals surface area contributed by atoms with E-state index in [4.69, 9.17) is 15.3 Å². The van der Waals surface area contributed by atoms with Gasteiger partial charge in [-0.05, 0) is 37.0 Å². The standard InChI is InChI=1S/C14H18N4O3/c1-9-4-6-18(7-5-9)21-14(19)20-13-11-3-2-10(15)8-12(11)16-17-13/h2-3,8-9H,4-7,15H2,1H3,(H,16,17). The zero-order valence-electron chi connectivity index (χ0n) is 11.8. The smallest absolute Gasteiger partial charge is 0.399 e. The van der Waals surface area contributed by atoms with E-state index in [1.54, 1.807) is 23.3 Å². The van der Waals surface area contributed by atoms with E-state index >= 15 is 0 Å². The van der Waals surface area contributed by atoms with Gasteiger partial charge in [0.1, 0.15) is 0 Å². The van der Waals surface area contributed by atoms with Gasteiger partial charge in [-0.25, -0.2) is 4.79 Å². The monoisotopic (exact) mass is 290 g/mol. The molecule has 0 aliphatic carbocycles. The number of nitrogen functional groups attached to an aromatic ring is 1. The summed E-state index contributed by atoms with van der Waals surface area (Å²) in [5, 5.41) is 9.05. The molecule has 112 valence electrons. The molecular weight excluding hydrogens is 272 g/mol. The highest BCUT2D eigenvalue weighted by molar-refractivity contribution is 5.87. The van der Waals surface area contributed by atoms with Crippen LogP contribution in [0, 0.1) is 5.92 Å². The number of carbonyl (C=O) groups excluding carboxylic acids is 1. The Kier molecular flexibility index (Phi) is 3.66. The lowest BCUT2D eigenvalue weighted by molar-refractivity contribution is -0.131. The molecule has 0 unspecified atom stereocenters. The lowest BCUT2D eigenvalue weighted by atomic mass is 10.0. The third-order valence-corrected chi connectivity index (χ3v) is 3.68. The van der Waals surface area contributed by atoms with Crippen molar-refractivity contribution in [3.63, 3.8) is 0 Å². The normalized spacial score (nSPS) is 17.0. The van der Waals surface area contributed by atoms with E-state index in [-0.39, 0.29) is 5.88 Å². The van der Waals surface area contributed by atoms with Crippen molar-refractivity contribution in [2.45, 2.75) is 19.8 Å². The zero-order valence-corrected chi connectivity index (χ0v) is 11.8. The number of piperidine rings is 1. The Labute approximate surface area is 122 Å². The second-order valence-corrected chi connectivity index (χ2v) is 5.39. The Bertz CT molecular complexity index is 647. The molecule has 0 spiro atoms. The van der Waals surface area contributed by atoms with Crippen LogP contribution < -0.4 is 10.5 Å². The number of fused-ring (bicyclic) bond motifs is 1. The molecule has 3 rings (SSSR count). The van der Waals surface area contributed by atoms with Crippen LogP contribution in [0.25, 0.3) is 10.9 Å². The first kappa shape index (κ1) is 13.7. The highest BCUT2D eigenvalue weighted by atomic mass is 16.8. The number of benzene rings is 1. The quantitative estimate of drug-likeness (QED) is 0.651. The van der Waals surface area contributed by atoms with Crippen LogP contribution >= 0.6 is 0 Å². The molecule has 1 saturated heterocycles. The summed E-state index contributed by atoms with van der Waals surface area (Å²) in [6.07, 6.45) is 1.25. The molecule has 21 heavy (non-hydrogen) atoms. The van der Waals surface area contributed by atoms with Crippen LogP contribution in [0.4, 0.5) is 10.5 Å². The Morgan fingerprint density at radius 3 is 2.95 bits per heavy atom. The fraction of sp³-hybridized carbons (Fsp3) is 0.429. The fourth-order valence-corrected chi connectivity index (χ4v) is 2.37. The van der Waals surface area contributed by atoms with Gasteiger partial charge in [0.2, 0.25) is 0 Å². The van der Waals surface area contributed by atoms with Crippen LogP contribution in [0.15, 0.2) is 18.2 Å². The molecule has 0 amide bonds. The van der Waals surface area contributed by atoms with Crippen LogP contribution in [-0.4, -0.2) is 34.5 Å². The van der Waals surface area contributed by atoms with E-state index < -0.39 is 6.16 Å². The summed E-state index contributed by atoms with van der Waals surface area (Å²) in [6.45, 7) is 3.65. The van der Waals surface area contributed by atoms with Crippen molar-refractivity contribution in [3.8, 4) is 5.88 Å². The Hall–Kier alpha value is -2.28. The molecule has 7 heteroatoms. The lowest BCUT2D eigenvalue weighted by Crippen LogP contribution is -2.35. The van der Waals surface area contributed by atoms with Gasteiger partial charge in [-0.3, -0.25) is 5.10 Å². The second-order valence-electron chi connectivity index (χ2n) is 5.39. The first-order valence-electron chi connectivity index (χ1n) is 7.00. The number of carbonyl (C=O) groups is 1. The van der Waals surface area contributed by atoms with Gasteiger partial charge < -0.3 is 15.3 Å². The van der Waals surface area contributed by atoms with Crippen molar-refractivity contribution in [2.75, 3.05) is 18.8 Å². The van der Waals surface area contributed by atoms with Gasteiger partial charge in [-0.1, -0.05) is 6.92 Å². The minimum absolute atomic E-state index is 0.195. The van der Waals surface area contributed by atoms with E-state index in [0.717, 1.165) is 25.9 Å². The van der Waals surface area contributed by atoms with Crippen molar-refractivity contribution in [3.05, 3.63) is 18.2 Å². The SMILES string of the molecule is CC1CCN(OC(=O)Oc2n[nH]c3cc(N)ccc23)CC1. The Balaban J connectivity index is 1.63. The molecule has 0 saturated carbocycles. The number of nitrogens with zero attached hydrogens (tertiary/aromatic N) is 2. The topological polar surface area (TPSA) is 93.5 Å². The lowest BCUT2D eigenvalue weighted by Gasteiger charge is -2.27. The van der Waals surface area contributed by atoms with Gasteiger partial charge in [-0.15, -0.1) is 10.2 Å². The van der Waals surface area contributed by atoms with E-state index in [2.05, 4.69) is 17.1 Å². The number of hydrogen-bond donors (Lipinski definition) is 2. The molecule has 1 aromatic carbocycles. The number of aromatic nitrogens is 2. The maximum Gasteiger partial charge on any atom is 0.534 e. The zero-order chi connectivity index (χ0) is 14.8. The number of hydroxylamine groups is 2. The molecule has 0 bridgehead atoms. The van der Waals surface area contributed by atoms with Gasteiger partial charge in [0, 0.05) is 18.8 Å². The van der Waals surface area contributed by atoms with Crippen LogP contribution in [0.2, 0.25) is 0 Å². The average Bonchev–Trinajstić information content (AvgIpc) is 2.83. The van der Waals surface area contributed by atoms with Crippen LogP contribution in [0.1, 0.15) is 19.8 Å². The molecule has 0 radical (unpaired) electrons. The Morgan fingerprint density at radius 2 is 2.19 bits per heavy atom. The van der Waals surface area contributed by atoms with Crippen molar-refractivity contribution < 1.29 is 14.4 Å². The number of anilines is 1. The average molecular weight is 290 g/mol. The van der Waals surface area contributed by atoms with Crippen molar-refractivity contribution in [2.24, 2.45) is 5.92 Å². The first-order valence-corrected chi connectivity index (χ1v) is 7.00. The number of hydrogen-bond acceptors (Lipinski definition) is 6. The minimum atomic E-state index is -0.769. The summed E-state index contributed by atoms with van der Waals surface area (Å²) in [4.78, 5) is 17.0. The molecule has 2 heterocycles. The Morgan fingerprint density at radius 1 is 1.43 bits per heavy atom. The summed E-state index contributed by atoms with van der Waals surface area (Å²) >= 11 is 0. The fourth-order valence-electron chi connectivity index (χ4n) is 2.37. The van der Waals surface area contributed by atoms with E-state index in [0.29, 0.717) is 22.5 Å². The minimum Gasteiger partial charge on any atom is -0.399 e. The highest BCUT2D eigenvalue weighted by Crippen LogP contribution is 2.24. The molecule has 1 aliphatic heterocycles. The predicted octanol–water partition coefficient (Wildman–Crippen LogP) is 2.31. The van der Waals surface area contributed by atoms with Crippen molar-refractivity contribution >= 4 is 22.7 Å². The molecule has 7 nitrogen and oxygen atoms in total. The van der Waals surface area contributed by atoms with E-state index in [1.165, 1.54) is 0 Å². The molecule has 2 aromatic rings. The van der Waals surface area contributed by atoms with Crippen LogP contribution in [0.3, 0.4) is 0 Å². The second kappa shape index (κ2) is 5.61. The highest BCUT2D eigenvalue weighted by Gasteiger charge is 2.21. The molecule has 1 fully saturated rings. The number of aromatic amines is 1. The van der Waals surface area contributed by atoms with Gasteiger partial charge >= 0.3 is 6.16 Å². The third-order valence-electron chi connectivity index (χ3n) is 3.68. The number of rotatable bonds is 2. The molecule has 0 atom stereocenters. The summed E-state index contributed by atoms with van der Waals surface area (Å²) in [5.41, 5.74) is 7.01. The number of ether oxygens (including phenoxy) is 1. The van der Waals surface area contributed by atoms with Gasteiger partial charge in [0.05, 0.1) is 10.9 Å². The van der Waals surface area contributed by atoms with E-state index in [9.17, 15) is 4.79 Å². The van der Waals surface area contributed by atoms with Gasteiger partial charge in [-0.2, -0.15) is 0 Å². The molecule has 1 aromatic heterocycles. The number of nitrogens with two attached hydrogens (primary N) is 1. The maximum absolute atomic E-state index is 11.8. The number of nitrogens with one attached hydrogen (secondary N) is 1. The molecular formula is C14H18N4O3. The first-order chi connectivity index (χ1) is 10.1.